The summed E-state index contributed by atoms with van der Waals surface area (Å²) >= 11 is 0. The number of hydrogen-bond acceptors (Lipinski definition) is 4. The average Bonchev–Trinajstić information content (AvgIpc) is 3.23. The number of amides is 1. The maximum atomic E-state index is 12.4. The summed E-state index contributed by atoms with van der Waals surface area (Å²) in [5.41, 5.74) is 2.54. The van der Waals surface area contributed by atoms with E-state index in [1.165, 1.54) is 0 Å². The summed E-state index contributed by atoms with van der Waals surface area (Å²) in [6.07, 6.45) is 1.87. The molecule has 0 spiro atoms. The second-order valence-corrected chi connectivity index (χ2v) is 6.18. The van der Waals surface area contributed by atoms with Crippen LogP contribution in [0, 0.1) is 19.8 Å². The number of aromatic nitrogens is 2. The quantitative estimate of drug-likeness (QED) is 0.823. The number of rotatable bonds is 6. The fourth-order valence-electron chi connectivity index (χ4n) is 2.47. The van der Waals surface area contributed by atoms with E-state index in [1.807, 2.05) is 39.8 Å². The van der Waals surface area contributed by atoms with Gasteiger partial charge in [0.15, 0.2) is 0 Å². The lowest BCUT2D eigenvalue weighted by Crippen LogP contribution is -2.43. The van der Waals surface area contributed by atoms with E-state index < -0.39 is 0 Å². The maximum absolute atomic E-state index is 12.4. The van der Waals surface area contributed by atoms with Gasteiger partial charge >= 0.3 is 0 Å². The number of carbonyl (C=O) groups excluding carboxylic acids is 1. The molecule has 0 aliphatic heterocycles. The minimum Gasteiger partial charge on any atom is -0.392 e. The van der Waals surface area contributed by atoms with Gasteiger partial charge in [0.2, 0.25) is 5.91 Å². The molecular formula is C15H26N4O2. The second-order valence-electron chi connectivity index (χ2n) is 6.18. The van der Waals surface area contributed by atoms with Crippen LogP contribution in [-0.4, -0.2) is 51.4 Å². The van der Waals surface area contributed by atoms with Crippen LogP contribution in [0.3, 0.4) is 0 Å². The van der Waals surface area contributed by atoms with E-state index in [1.54, 1.807) is 4.68 Å². The molecule has 1 amide bonds. The van der Waals surface area contributed by atoms with Crippen molar-refractivity contribution in [1.82, 2.24) is 14.7 Å². The summed E-state index contributed by atoms with van der Waals surface area (Å²) < 4.78 is 1.76. The van der Waals surface area contributed by atoms with Gasteiger partial charge in [-0.2, -0.15) is 5.10 Å². The van der Waals surface area contributed by atoms with Gasteiger partial charge in [-0.15, -0.1) is 0 Å². The third-order valence-corrected chi connectivity index (χ3v) is 4.44. The molecule has 2 unspecified atom stereocenters. The summed E-state index contributed by atoms with van der Waals surface area (Å²) in [4.78, 5) is 14.3. The zero-order valence-corrected chi connectivity index (χ0v) is 13.6. The number of hydrogen-bond donors (Lipinski definition) is 2. The molecule has 1 saturated carbocycles. The van der Waals surface area contributed by atoms with Crippen LogP contribution in [0.5, 0.6) is 0 Å². The smallest absolute Gasteiger partial charge is 0.241 e. The highest BCUT2D eigenvalue weighted by Crippen LogP contribution is 2.32. The third-order valence-electron chi connectivity index (χ3n) is 4.44. The first-order valence-corrected chi connectivity index (χ1v) is 7.50. The molecule has 1 fully saturated rings. The highest BCUT2D eigenvalue weighted by Gasteiger charge is 2.32. The molecule has 21 heavy (non-hydrogen) atoms. The van der Waals surface area contributed by atoms with Crippen molar-refractivity contribution in [3.05, 3.63) is 11.4 Å². The Labute approximate surface area is 126 Å². The molecule has 2 rings (SSSR count). The van der Waals surface area contributed by atoms with Crippen molar-refractivity contribution in [1.29, 1.82) is 0 Å². The van der Waals surface area contributed by atoms with Gasteiger partial charge in [0.05, 0.1) is 29.2 Å². The molecule has 6 nitrogen and oxygen atoms in total. The minimum absolute atomic E-state index is 0.0697. The minimum atomic E-state index is -0.327. The van der Waals surface area contributed by atoms with Gasteiger partial charge in [-0.3, -0.25) is 14.4 Å². The Balaban J connectivity index is 1.95. The number of nitrogens with zero attached hydrogens (tertiary/aromatic N) is 3. The van der Waals surface area contributed by atoms with Crippen molar-refractivity contribution in [3.63, 3.8) is 0 Å². The number of nitrogens with one attached hydrogen (secondary N) is 1. The first-order chi connectivity index (χ1) is 9.81. The Morgan fingerprint density at radius 2 is 2.14 bits per heavy atom. The second kappa shape index (κ2) is 6.15. The number of likely N-dealkylation sites (N-methyl/N-ethyl adjacent to an activating group) is 1. The van der Waals surface area contributed by atoms with E-state index in [0.29, 0.717) is 12.5 Å². The number of aliphatic hydroxyl groups is 1. The molecule has 1 heterocycles. The molecule has 6 heteroatoms. The molecule has 118 valence electrons. The van der Waals surface area contributed by atoms with Crippen LogP contribution in [-0.2, 0) is 11.8 Å². The lowest BCUT2D eigenvalue weighted by molar-refractivity contribution is -0.120. The highest BCUT2D eigenvalue weighted by atomic mass is 16.3. The van der Waals surface area contributed by atoms with E-state index in [0.717, 1.165) is 29.9 Å². The lowest BCUT2D eigenvalue weighted by atomic mass is 10.2. The topological polar surface area (TPSA) is 70.4 Å². The number of aliphatic hydroxyl groups excluding tert-OH is 1. The molecule has 1 aromatic rings. The summed E-state index contributed by atoms with van der Waals surface area (Å²) in [7, 11) is 3.73. The monoisotopic (exact) mass is 294 g/mol. The Hall–Kier alpha value is -1.40. The number of aryl methyl sites for hydroxylation is 2. The summed E-state index contributed by atoms with van der Waals surface area (Å²) in [5, 5.41) is 17.2. The Bertz CT molecular complexity index is 522. The van der Waals surface area contributed by atoms with Gasteiger partial charge < -0.3 is 10.4 Å². The molecular weight excluding hydrogens is 268 g/mol. The summed E-state index contributed by atoms with van der Waals surface area (Å²) in [6, 6.07) is -0.294. The van der Waals surface area contributed by atoms with Gasteiger partial charge in [0.25, 0.3) is 0 Å². The zero-order chi connectivity index (χ0) is 15.7. The Kier molecular flexibility index (Phi) is 4.68. The van der Waals surface area contributed by atoms with Crippen molar-refractivity contribution >= 4 is 11.6 Å². The molecule has 0 aromatic carbocycles. The molecule has 0 saturated heterocycles. The molecule has 0 bridgehead atoms. The highest BCUT2D eigenvalue weighted by molar-refractivity contribution is 5.95. The standard InChI is InChI=1S/C15H26N4O2/c1-9-14(10(2)19(5)17-9)16-15(21)11(3)18(4)8-13(20)12-6-7-12/h11-13,20H,6-8H2,1-5H3,(H,16,21). The van der Waals surface area contributed by atoms with Crippen LogP contribution in [0.1, 0.15) is 31.2 Å². The molecule has 2 N–H and O–H groups in total. The fourth-order valence-corrected chi connectivity index (χ4v) is 2.47. The molecule has 1 aliphatic rings. The third kappa shape index (κ3) is 3.63. The molecule has 1 aliphatic carbocycles. The predicted molar refractivity (Wildman–Crippen MR) is 82.1 cm³/mol. The zero-order valence-electron chi connectivity index (χ0n) is 13.6. The largest absolute Gasteiger partial charge is 0.392 e. The van der Waals surface area contributed by atoms with Gasteiger partial charge in [0, 0.05) is 13.6 Å². The van der Waals surface area contributed by atoms with Crippen LogP contribution < -0.4 is 5.32 Å². The van der Waals surface area contributed by atoms with Crippen molar-refractivity contribution in [3.8, 4) is 0 Å². The van der Waals surface area contributed by atoms with Crippen LogP contribution in [0.2, 0.25) is 0 Å². The van der Waals surface area contributed by atoms with Crippen LogP contribution in [0.4, 0.5) is 5.69 Å². The Morgan fingerprint density at radius 1 is 1.52 bits per heavy atom. The van der Waals surface area contributed by atoms with Crippen molar-refractivity contribution in [2.45, 2.75) is 45.8 Å². The molecule has 1 aromatic heterocycles. The fraction of sp³-hybridized carbons (Fsp3) is 0.733. The number of carbonyl (C=O) groups is 1. The van der Waals surface area contributed by atoms with Crippen molar-refractivity contribution in [2.75, 3.05) is 18.9 Å². The van der Waals surface area contributed by atoms with Gasteiger partial charge in [-0.25, -0.2) is 0 Å². The van der Waals surface area contributed by atoms with E-state index in [4.69, 9.17) is 0 Å². The first kappa shape index (κ1) is 16.0. The average molecular weight is 294 g/mol. The van der Waals surface area contributed by atoms with Gasteiger partial charge in [-0.1, -0.05) is 0 Å². The van der Waals surface area contributed by atoms with E-state index in [2.05, 4.69) is 10.4 Å². The first-order valence-electron chi connectivity index (χ1n) is 7.50. The summed E-state index contributed by atoms with van der Waals surface area (Å²) in [6.45, 7) is 6.20. The molecule has 2 atom stereocenters. The van der Waals surface area contributed by atoms with E-state index in [9.17, 15) is 9.90 Å². The lowest BCUT2D eigenvalue weighted by Gasteiger charge is -2.26. The van der Waals surface area contributed by atoms with Crippen LogP contribution in [0.25, 0.3) is 0 Å². The summed E-state index contributed by atoms with van der Waals surface area (Å²) in [5.74, 6) is 0.352. The van der Waals surface area contributed by atoms with Crippen LogP contribution >= 0.6 is 0 Å². The maximum Gasteiger partial charge on any atom is 0.241 e. The van der Waals surface area contributed by atoms with Crippen molar-refractivity contribution < 1.29 is 9.90 Å². The van der Waals surface area contributed by atoms with Crippen molar-refractivity contribution in [2.24, 2.45) is 13.0 Å². The normalized spacial score (nSPS) is 17.9. The van der Waals surface area contributed by atoms with E-state index >= 15 is 0 Å². The molecule has 0 radical (unpaired) electrons. The number of anilines is 1. The van der Waals surface area contributed by atoms with Crippen LogP contribution in [0.15, 0.2) is 0 Å². The predicted octanol–water partition coefficient (Wildman–Crippen LogP) is 1.07. The van der Waals surface area contributed by atoms with E-state index in [-0.39, 0.29) is 18.1 Å². The van der Waals surface area contributed by atoms with Gasteiger partial charge in [0.1, 0.15) is 0 Å². The SMILES string of the molecule is Cc1nn(C)c(C)c1NC(=O)C(C)N(C)CC(O)C1CC1. The Morgan fingerprint density at radius 3 is 2.62 bits per heavy atom. The van der Waals surface area contributed by atoms with Gasteiger partial charge in [-0.05, 0) is 46.6 Å².